The van der Waals surface area contributed by atoms with Crippen molar-refractivity contribution in [3.63, 3.8) is 0 Å². The molecule has 3 aromatic carbocycles. The highest BCUT2D eigenvalue weighted by molar-refractivity contribution is 6.37. The highest BCUT2D eigenvalue weighted by Gasteiger charge is 2.24. The number of aromatic nitrogens is 4. The van der Waals surface area contributed by atoms with Crippen molar-refractivity contribution in [3.8, 4) is 11.4 Å². The zero-order valence-electron chi connectivity index (χ0n) is 20.1. The van der Waals surface area contributed by atoms with Crippen LogP contribution in [0.15, 0.2) is 65.5 Å². The molecule has 10 nitrogen and oxygen atoms in total. The molecule has 0 fully saturated rings. The normalized spacial score (nSPS) is 10.8. The first kappa shape index (κ1) is 27.2. The summed E-state index contributed by atoms with van der Waals surface area (Å²) in [6.07, 6.45) is 0. The van der Waals surface area contributed by atoms with Crippen molar-refractivity contribution in [1.29, 1.82) is 0 Å². The number of anilines is 1. The maximum absolute atomic E-state index is 13.2. The molecule has 4 aromatic rings. The minimum Gasteiger partial charge on any atom is -0.497 e. The van der Waals surface area contributed by atoms with Crippen LogP contribution in [0.4, 0.5) is 10.5 Å². The molecule has 13 heteroatoms. The molecule has 0 aliphatic carbocycles. The Hall–Kier alpha value is -3.86. The number of para-hydroxylation sites is 1. The summed E-state index contributed by atoms with van der Waals surface area (Å²) in [5.74, 6) is 0.0498. The van der Waals surface area contributed by atoms with Crippen molar-refractivity contribution in [2.24, 2.45) is 0 Å². The molecule has 1 aromatic heterocycles. The van der Waals surface area contributed by atoms with Crippen LogP contribution in [0.25, 0.3) is 5.69 Å². The van der Waals surface area contributed by atoms with Crippen LogP contribution >= 0.6 is 34.8 Å². The van der Waals surface area contributed by atoms with Gasteiger partial charge in [0.15, 0.2) is 0 Å². The summed E-state index contributed by atoms with van der Waals surface area (Å²) in [5, 5.41) is 7.83. The average molecular weight is 577 g/mol. The number of esters is 1. The third kappa shape index (κ3) is 5.52. The molecule has 1 heterocycles. The molecule has 0 bridgehead atoms. The quantitative estimate of drug-likeness (QED) is 0.218. The molecule has 0 N–H and O–H groups in total. The second-order valence-electron chi connectivity index (χ2n) is 7.77. The zero-order valence-corrected chi connectivity index (χ0v) is 22.4. The molecule has 0 saturated carbocycles. The molecule has 0 spiro atoms. The number of nitrogens with zero attached hydrogens (tertiary/aromatic N) is 5. The Bertz CT molecular complexity index is 1530. The van der Waals surface area contributed by atoms with Crippen molar-refractivity contribution in [3.05, 3.63) is 97.3 Å². The Labute approximate surface area is 231 Å². The lowest BCUT2D eigenvalue weighted by Crippen LogP contribution is -2.41. The summed E-state index contributed by atoms with van der Waals surface area (Å²) in [6, 6.07) is 15.3. The number of hydrogen-bond donors (Lipinski definition) is 0. The van der Waals surface area contributed by atoms with Gasteiger partial charge in [-0.1, -0.05) is 53.0 Å². The molecule has 196 valence electrons. The molecule has 0 saturated heterocycles. The third-order valence-electron chi connectivity index (χ3n) is 5.47. The second-order valence-corrected chi connectivity index (χ2v) is 8.99. The summed E-state index contributed by atoms with van der Waals surface area (Å²) < 4.78 is 11.9. The number of amides is 1. The van der Waals surface area contributed by atoms with Gasteiger partial charge >= 0.3 is 17.7 Å². The van der Waals surface area contributed by atoms with Crippen LogP contribution in [0.1, 0.15) is 22.8 Å². The first-order valence-electron chi connectivity index (χ1n) is 11.2. The Morgan fingerprint density at radius 3 is 2.24 bits per heavy atom. The van der Waals surface area contributed by atoms with E-state index in [0.29, 0.717) is 16.1 Å². The van der Waals surface area contributed by atoms with E-state index in [4.69, 9.17) is 44.3 Å². The number of hydrogen-bond acceptors (Lipinski definition) is 7. The fraction of sp³-hybridized carbons (Fsp3) is 0.160. The lowest BCUT2D eigenvalue weighted by Gasteiger charge is -2.20. The molecular weight excluding hydrogens is 557 g/mol. The first-order valence-corrected chi connectivity index (χ1v) is 12.3. The minimum atomic E-state index is -0.867. The predicted octanol–water partition coefficient (Wildman–Crippen LogP) is 5.25. The van der Waals surface area contributed by atoms with Crippen molar-refractivity contribution in [2.45, 2.75) is 13.5 Å². The summed E-state index contributed by atoms with van der Waals surface area (Å²) >= 11 is 18.7. The van der Waals surface area contributed by atoms with E-state index in [9.17, 15) is 14.4 Å². The fourth-order valence-corrected chi connectivity index (χ4v) is 4.34. The summed E-state index contributed by atoms with van der Waals surface area (Å²) in [4.78, 5) is 40.0. The van der Waals surface area contributed by atoms with E-state index >= 15 is 0 Å². The Balaban J connectivity index is 1.53. The van der Waals surface area contributed by atoms with Gasteiger partial charge in [-0.25, -0.2) is 14.4 Å². The van der Waals surface area contributed by atoms with E-state index in [2.05, 4.69) is 10.4 Å². The lowest BCUT2D eigenvalue weighted by molar-refractivity contribution is 0.0473. The van der Waals surface area contributed by atoms with E-state index in [1.165, 1.54) is 35.2 Å². The molecule has 0 radical (unpaired) electrons. The maximum Gasteiger partial charge on any atom is 0.377 e. The monoisotopic (exact) mass is 575 g/mol. The van der Waals surface area contributed by atoms with Gasteiger partial charge in [-0.05, 0) is 65.4 Å². The van der Waals surface area contributed by atoms with Crippen molar-refractivity contribution >= 4 is 52.5 Å². The number of benzene rings is 3. The van der Waals surface area contributed by atoms with Gasteiger partial charge in [-0.15, -0.1) is 4.68 Å². The van der Waals surface area contributed by atoms with E-state index in [0.717, 1.165) is 10.2 Å². The number of carbonyl (C=O) groups excluding carboxylic acids is 2. The zero-order chi connectivity index (χ0) is 27.4. The molecule has 4 rings (SSSR count). The van der Waals surface area contributed by atoms with Gasteiger partial charge in [0, 0.05) is 12.2 Å². The van der Waals surface area contributed by atoms with E-state index in [-0.39, 0.29) is 39.5 Å². The minimum absolute atomic E-state index is 0.0362. The number of carbonyl (C=O) groups is 2. The molecule has 38 heavy (non-hydrogen) atoms. The molecule has 1 amide bonds. The fourth-order valence-electron chi connectivity index (χ4n) is 3.53. The summed E-state index contributed by atoms with van der Waals surface area (Å²) in [5.41, 5.74) is 0.443. The Kier molecular flexibility index (Phi) is 8.35. The van der Waals surface area contributed by atoms with Crippen molar-refractivity contribution < 1.29 is 19.1 Å². The molecular formula is C25H20Cl3N5O5. The van der Waals surface area contributed by atoms with Crippen LogP contribution in [-0.2, 0) is 11.3 Å². The molecule has 0 unspecified atom stereocenters. The van der Waals surface area contributed by atoms with Gasteiger partial charge in [0.1, 0.15) is 18.0 Å². The standard InChI is InChI=1S/C25H20Cl3N5O5/c1-3-31(24(35)33-25(36)32(29-30-33)22-19(26)5-4-6-20(22)27)16-9-12-18(21(28)13-16)23(34)38-14-15-7-10-17(37-2)11-8-15/h4-13H,3,14H2,1-2H3. The number of methoxy groups -OCH3 is 1. The van der Waals surface area contributed by atoms with Gasteiger partial charge in [-0.2, -0.15) is 4.68 Å². The maximum atomic E-state index is 13.2. The number of rotatable bonds is 7. The van der Waals surface area contributed by atoms with Crippen molar-refractivity contribution in [1.82, 2.24) is 19.8 Å². The number of tetrazole rings is 1. The highest BCUT2D eigenvalue weighted by Crippen LogP contribution is 2.27. The van der Waals surface area contributed by atoms with Gasteiger partial charge < -0.3 is 9.47 Å². The van der Waals surface area contributed by atoms with Crippen LogP contribution in [0.2, 0.25) is 15.1 Å². The van der Waals surface area contributed by atoms with Gasteiger partial charge in [0.2, 0.25) is 0 Å². The van der Waals surface area contributed by atoms with Gasteiger partial charge in [0.05, 0.1) is 27.7 Å². The van der Waals surface area contributed by atoms with E-state index in [1.807, 2.05) is 0 Å². The summed E-state index contributed by atoms with van der Waals surface area (Å²) in [6.45, 7) is 1.89. The molecule has 0 atom stereocenters. The van der Waals surface area contributed by atoms with E-state index in [1.54, 1.807) is 44.4 Å². The van der Waals surface area contributed by atoms with Crippen LogP contribution in [0, 0.1) is 0 Å². The van der Waals surface area contributed by atoms with Gasteiger partial charge in [-0.3, -0.25) is 4.90 Å². The lowest BCUT2D eigenvalue weighted by atomic mass is 10.2. The van der Waals surface area contributed by atoms with Crippen molar-refractivity contribution in [2.75, 3.05) is 18.6 Å². The first-order chi connectivity index (χ1) is 18.2. The van der Waals surface area contributed by atoms with Crippen LogP contribution in [0.5, 0.6) is 5.75 Å². The smallest absolute Gasteiger partial charge is 0.377 e. The average Bonchev–Trinajstić information content (AvgIpc) is 3.28. The highest BCUT2D eigenvalue weighted by atomic mass is 35.5. The van der Waals surface area contributed by atoms with Gasteiger partial charge in [0.25, 0.3) is 0 Å². The SMILES string of the molecule is CCN(C(=O)n1nnn(-c2c(Cl)cccc2Cl)c1=O)c1ccc(C(=O)OCc2ccc(OC)cc2)c(Cl)c1. The molecule has 0 aliphatic heterocycles. The second kappa shape index (κ2) is 11.7. The topological polar surface area (TPSA) is 109 Å². The van der Waals surface area contributed by atoms with Crippen LogP contribution in [-0.4, -0.2) is 45.4 Å². The summed E-state index contributed by atoms with van der Waals surface area (Å²) in [7, 11) is 1.56. The number of ether oxygens (including phenoxy) is 2. The third-order valence-corrected chi connectivity index (χ3v) is 6.39. The largest absolute Gasteiger partial charge is 0.497 e. The predicted molar refractivity (Wildman–Crippen MR) is 143 cm³/mol. The molecule has 0 aliphatic rings. The van der Waals surface area contributed by atoms with E-state index < -0.39 is 17.7 Å². The Morgan fingerprint density at radius 1 is 0.947 bits per heavy atom. The van der Waals surface area contributed by atoms with Crippen LogP contribution < -0.4 is 15.3 Å². The number of halogens is 3. The van der Waals surface area contributed by atoms with Crippen LogP contribution in [0.3, 0.4) is 0 Å². The Morgan fingerprint density at radius 2 is 1.63 bits per heavy atom.